The number of nitrogens with zero attached hydrogens (tertiary/aromatic N) is 1. The summed E-state index contributed by atoms with van der Waals surface area (Å²) in [6.07, 6.45) is 2.36. The lowest BCUT2D eigenvalue weighted by atomic mass is 10.2. The summed E-state index contributed by atoms with van der Waals surface area (Å²) in [7, 11) is 0. The molecule has 10 heteroatoms. The van der Waals surface area contributed by atoms with E-state index in [2.05, 4.69) is 5.32 Å². The van der Waals surface area contributed by atoms with E-state index in [1.165, 1.54) is 46.2 Å². The number of hydrogen-bond donors (Lipinski definition) is 3. The highest BCUT2D eigenvalue weighted by Crippen LogP contribution is 2.33. The molecule has 2 aromatic rings. The number of anilines is 1. The molecule has 1 aliphatic rings. The number of thiocarbonyl (C=S) groups is 1. The average Bonchev–Trinajstić information content (AvgIpc) is 3.25. The normalized spacial score (nSPS) is 15.2. The molecule has 0 atom stereocenters. The molecule has 0 radical (unpaired) electrons. The van der Waals surface area contributed by atoms with Gasteiger partial charge in [-0.1, -0.05) is 30.0 Å². The van der Waals surface area contributed by atoms with E-state index in [1.807, 2.05) is 23.6 Å². The largest absolute Gasteiger partial charge is 0.507 e. The lowest BCUT2D eigenvalue weighted by Gasteiger charge is -2.14. The molecule has 0 spiro atoms. The first-order chi connectivity index (χ1) is 13.8. The Kier molecular flexibility index (Phi) is 6.68. The zero-order valence-corrected chi connectivity index (χ0v) is 17.4. The van der Waals surface area contributed by atoms with E-state index >= 15 is 0 Å². The Labute approximate surface area is 180 Å². The summed E-state index contributed by atoms with van der Waals surface area (Å²) >= 11 is 8.06. The number of aromatic hydroxyl groups is 1. The Bertz CT molecular complexity index is 1000. The van der Waals surface area contributed by atoms with Crippen molar-refractivity contribution >= 4 is 69.2 Å². The maximum Gasteiger partial charge on any atom is 0.339 e. The van der Waals surface area contributed by atoms with Gasteiger partial charge in [-0.25, -0.2) is 4.79 Å². The van der Waals surface area contributed by atoms with E-state index in [0.29, 0.717) is 27.9 Å². The maximum absolute atomic E-state index is 12.5. The lowest BCUT2D eigenvalue weighted by Crippen LogP contribution is -2.29. The zero-order chi connectivity index (χ0) is 21.0. The summed E-state index contributed by atoms with van der Waals surface area (Å²) < 4.78 is 0.465. The number of rotatable bonds is 7. The van der Waals surface area contributed by atoms with Crippen LogP contribution in [0.2, 0.25) is 0 Å². The Balaban J connectivity index is 1.51. The maximum atomic E-state index is 12.5. The van der Waals surface area contributed by atoms with Crippen LogP contribution in [0.25, 0.3) is 6.08 Å². The number of aromatic carboxylic acids is 1. The van der Waals surface area contributed by atoms with Crippen LogP contribution in [0.15, 0.2) is 40.6 Å². The molecule has 3 N–H and O–H groups in total. The Morgan fingerprint density at radius 2 is 2.07 bits per heavy atom. The van der Waals surface area contributed by atoms with Crippen molar-refractivity contribution in [3.8, 4) is 5.75 Å². The molecule has 7 nitrogen and oxygen atoms in total. The fourth-order valence-corrected chi connectivity index (χ4v) is 4.64. The molecule has 150 valence electrons. The molecule has 0 aliphatic carbocycles. The molecule has 1 saturated heterocycles. The van der Waals surface area contributed by atoms with Crippen molar-refractivity contribution in [3.63, 3.8) is 0 Å². The minimum atomic E-state index is -1.25. The Morgan fingerprint density at radius 1 is 1.28 bits per heavy atom. The monoisotopic (exact) mass is 448 g/mol. The van der Waals surface area contributed by atoms with Gasteiger partial charge in [0.2, 0.25) is 5.91 Å². The molecule has 0 unspecified atom stereocenters. The van der Waals surface area contributed by atoms with Crippen LogP contribution in [0.1, 0.15) is 28.1 Å². The molecular formula is C19H16N2O5S3. The quantitative estimate of drug-likeness (QED) is 0.437. The van der Waals surface area contributed by atoms with Gasteiger partial charge >= 0.3 is 5.97 Å². The van der Waals surface area contributed by atoms with E-state index in [0.717, 1.165) is 4.88 Å². The highest BCUT2D eigenvalue weighted by molar-refractivity contribution is 8.26. The Morgan fingerprint density at radius 3 is 2.72 bits per heavy atom. The van der Waals surface area contributed by atoms with Crippen LogP contribution in [-0.2, 0) is 9.59 Å². The van der Waals surface area contributed by atoms with Crippen LogP contribution in [0.4, 0.5) is 5.69 Å². The van der Waals surface area contributed by atoms with E-state index in [1.54, 1.807) is 0 Å². The van der Waals surface area contributed by atoms with Crippen molar-refractivity contribution in [1.82, 2.24) is 4.90 Å². The van der Waals surface area contributed by atoms with E-state index in [-0.39, 0.29) is 23.8 Å². The molecule has 2 heterocycles. The first kappa shape index (κ1) is 21.0. The summed E-state index contributed by atoms with van der Waals surface area (Å²) in [5, 5.41) is 23.1. The fraction of sp³-hybridized carbons (Fsp3) is 0.158. The van der Waals surface area contributed by atoms with Gasteiger partial charge in [0, 0.05) is 29.6 Å². The van der Waals surface area contributed by atoms with Crippen LogP contribution in [0.3, 0.4) is 0 Å². The molecule has 1 aromatic carbocycles. The summed E-state index contributed by atoms with van der Waals surface area (Å²) in [4.78, 5) is 38.5. The standard InChI is InChI=1S/C19H16N2O5S3/c22-14-9-11(5-6-13(14)18(25)26)20-16(23)4-1-7-21-17(24)15(29-19(21)27)10-12-3-2-8-28-12/h2-3,5-6,8-10,22H,1,4,7H2,(H,20,23)(H,25,26)/b15-10+. The number of thiophene rings is 1. The van der Waals surface area contributed by atoms with Crippen molar-refractivity contribution in [3.05, 3.63) is 51.1 Å². The number of hydrogen-bond acceptors (Lipinski definition) is 7. The third-order valence-corrected chi connectivity index (χ3v) is 6.18. The predicted octanol–water partition coefficient (Wildman–Crippen LogP) is 3.77. The van der Waals surface area contributed by atoms with Crippen LogP contribution >= 0.6 is 35.3 Å². The molecule has 2 amide bonds. The van der Waals surface area contributed by atoms with Crippen molar-refractivity contribution in [2.24, 2.45) is 0 Å². The van der Waals surface area contributed by atoms with Crippen LogP contribution in [-0.4, -0.2) is 43.8 Å². The van der Waals surface area contributed by atoms with Gasteiger partial charge in [-0.05, 0) is 36.1 Å². The number of carbonyl (C=O) groups excluding carboxylic acids is 2. The van der Waals surface area contributed by atoms with Crippen molar-refractivity contribution in [1.29, 1.82) is 0 Å². The highest BCUT2D eigenvalue weighted by Gasteiger charge is 2.31. The van der Waals surface area contributed by atoms with Crippen molar-refractivity contribution in [2.75, 3.05) is 11.9 Å². The number of carboxylic acids is 1. The Hall–Kier alpha value is -2.69. The molecule has 3 rings (SSSR count). The summed E-state index contributed by atoms with van der Waals surface area (Å²) in [6, 6.07) is 7.62. The van der Waals surface area contributed by atoms with Gasteiger partial charge in [0.15, 0.2) is 0 Å². The number of nitrogens with one attached hydrogen (secondary N) is 1. The number of benzene rings is 1. The molecular weight excluding hydrogens is 432 g/mol. The summed E-state index contributed by atoms with van der Waals surface area (Å²) in [6.45, 7) is 0.322. The van der Waals surface area contributed by atoms with Crippen LogP contribution in [0.5, 0.6) is 5.75 Å². The topological polar surface area (TPSA) is 107 Å². The minimum absolute atomic E-state index is 0.141. The van der Waals surface area contributed by atoms with Gasteiger partial charge in [-0.2, -0.15) is 0 Å². The first-order valence-corrected chi connectivity index (χ1v) is 10.6. The zero-order valence-electron chi connectivity index (χ0n) is 15.0. The molecule has 1 fully saturated rings. The number of carbonyl (C=O) groups is 3. The second kappa shape index (κ2) is 9.21. The SMILES string of the molecule is O=C(CCCN1C(=O)/C(=C\c2cccs2)SC1=S)Nc1ccc(C(=O)O)c(O)c1. The van der Waals surface area contributed by atoms with Crippen molar-refractivity contribution in [2.45, 2.75) is 12.8 Å². The highest BCUT2D eigenvalue weighted by atomic mass is 32.2. The van der Waals surface area contributed by atoms with E-state index in [4.69, 9.17) is 17.3 Å². The van der Waals surface area contributed by atoms with E-state index < -0.39 is 11.7 Å². The summed E-state index contributed by atoms with van der Waals surface area (Å²) in [5.41, 5.74) is 0.0509. The first-order valence-electron chi connectivity index (χ1n) is 8.50. The smallest absolute Gasteiger partial charge is 0.339 e. The number of amides is 2. The third-order valence-electron chi connectivity index (χ3n) is 3.99. The third kappa shape index (κ3) is 5.22. The fourth-order valence-electron chi connectivity index (χ4n) is 2.61. The van der Waals surface area contributed by atoms with Gasteiger partial charge in [0.05, 0.1) is 4.91 Å². The summed E-state index contributed by atoms with van der Waals surface area (Å²) in [5.74, 6) is -2.16. The van der Waals surface area contributed by atoms with Gasteiger partial charge < -0.3 is 15.5 Å². The number of phenols is 1. The second-order valence-electron chi connectivity index (χ2n) is 6.04. The van der Waals surface area contributed by atoms with Crippen molar-refractivity contribution < 1.29 is 24.6 Å². The average molecular weight is 449 g/mol. The van der Waals surface area contributed by atoms with Gasteiger partial charge in [0.1, 0.15) is 15.6 Å². The lowest BCUT2D eigenvalue weighted by molar-refractivity contribution is -0.122. The minimum Gasteiger partial charge on any atom is -0.507 e. The van der Waals surface area contributed by atoms with Gasteiger partial charge in [-0.3, -0.25) is 14.5 Å². The number of thioether (sulfide) groups is 1. The van der Waals surface area contributed by atoms with E-state index in [9.17, 15) is 19.5 Å². The molecule has 1 aromatic heterocycles. The van der Waals surface area contributed by atoms with Gasteiger partial charge in [0.25, 0.3) is 5.91 Å². The van der Waals surface area contributed by atoms with Gasteiger partial charge in [-0.15, -0.1) is 11.3 Å². The molecule has 1 aliphatic heterocycles. The second-order valence-corrected chi connectivity index (χ2v) is 8.69. The predicted molar refractivity (Wildman–Crippen MR) is 117 cm³/mol. The molecule has 0 saturated carbocycles. The van der Waals surface area contributed by atoms with Crippen LogP contribution < -0.4 is 5.32 Å². The number of carboxylic acid groups (broad SMARTS) is 1. The molecule has 29 heavy (non-hydrogen) atoms. The van der Waals surface area contributed by atoms with Crippen LogP contribution in [0, 0.1) is 0 Å². The molecule has 0 bridgehead atoms.